The molecule has 2 heterocycles. The van der Waals surface area contributed by atoms with E-state index < -0.39 is 0 Å². The van der Waals surface area contributed by atoms with E-state index in [0.29, 0.717) is 12.0 Å². The van der Waals surface area contributed by atoms with Crippen molar-refractivity contribution in [1.82, 2.24) is 9.88 Å². The minimum atomic E-state index is 0.0103. The SMILES string of the molecule is CC(=O)CC1CCCN1C(=O)c1ccncc1. The van der Waals surface area contributed by atoms with E-state index in [9.17, 15) is 9.59 Å². The zero-order chi connectivity index (χ0) is 12.3. The molecule has 1 saturated heterocycles. The van der Waals surface area contributed by atoms with Gasteiger partial charge in [0.15, 0.2) is 0 Å². The summed E-state index contributed by atoms with van der Waals surface area (Å²) in [7, 11) is 0. The molecular weight excluding hydrogens is 216 g/mol. The summed E-state index contributed by atoms with van der Waals surface area (Å²) in [5.74, 6) is 0.153. The molecule has 1 aliphatic rings. The van der Waals surface area contributed by atoms with E-state index in [4.69, 9.17) is 0 Å². The summed E-state index contributed by atoms with van der Waals surface area (Å²) in [5.41, 5.74) is 0.649. The van der Waals surface area contributed by atoms with E-state index in [2.05, 4.69) is 4.98 Å². The molecule has 1 fully saturated rings. The van der Waals surface area contributed by atoms with Crippen molar-refractivity contribution < 1.29 is 9.59 Å². The Morgan fingerprint density at radius 1 is 1.41 bits per heavy atom. The molecule has 1 amide bonds. The van der Waals surface area contributed by atoms with Gasteiger partial charge in [0.05, 0.1) is 0 Å². The van der Waals surface area contributed by atoms with Crippen LogP contribution in [0.4, 0.5) is 0 Å². The Bertz CT molecular complexity index is 417. The van der Waals surface area contributed by atoms with Crippen LogP contribution in [-0.4, -0.2) is 34.2 Å². The maximum Gasteiger partial charge on any atom is 0.254 e. The lowest BCUT2D eigenvalue weighted by molar-refractivity contribution is -0.117. The predicted molar refractivity (Wildman–Crippen MR) is 63.6 cm³/mol. The Kier molecular flexibility index (Phi) is 3.52. The minimum Gasteiger partial charge on any atom is -0.335 e. The van der Waals surface area contributed by atoms with Gasteiger partial charge in [0.25, 0.3) is 5.91 Å². The average molecular weight is 232 g/mol. The third kappa shape index (κ3) is 2.70. The number of ketones is 1. The first-order valence-electron chi connectivity index (χ1n) is 5.89. The second-order valence-corrected chi connectivity index (χ2v) is 4.44. The standard InChI is InChI=1S/C13H16N2O2/c1-10(16)9-12-3-2-8-15(12)13(17)11-4-6-14-7-5-11/h4-7,12H,2-3,8-9H2,1H3. The van der Waals surface area contributed by atoms with Crippen LogP contribution in [0.2, 0.25) is 0 Å². The van der Waals surface area contributed by atoms with Gasteiger partial charge in [0.2, 0.25) is 0 Å². The van der Waals surface area contributed by atoms with Crippen LogP contribution in [0.15, 0.2) is 24.5 Å². The van der Waals surface area contributed by atoms with E-state index >= 15 is 0 Å². The van der Waals surface area contributed by atoms with Gasteiger partial charge in [-0.3, -0.25) is 14.6 Å². The first-order chi connectivity index (χ1) is 8.18. The zero-order valence-electron chi connectivity index (χ0n) is 9.93. The second kappa shape index (κ2) is 5.08. The highest BCUT2D eigenvalue weighted by Crippen LogP contribution is 2.22. The molecule has 1 aromatic heterocycles. The van der Waals surface area contributed by atoms with E-state index in [1.807, 2.05) is 4.90 Å². The lowest BCUT2D eigenvalue weighted by Gasteiger charge is -2.23. The predicted octanol–water partition coefficient (Wildman–Crippen LogP) is 1.67. The summed E-state index contributed by atoms with van der Waals surface area (Å²) in [5, 5.41) is 0. The fourth-order valence-electron chi connectivity index (χ4n) is 2.31. The lowest BCUT2D eigenvalue weighted by Crippen LogP contribution is -2.36. The summed E-state index contributed by atoms with van der Waals surface area (Å²) < 4.78 is 0. The maximum absolute atomic E-state index is 12.2. The molecule has 4 nitrogen and oxygen atoms in total. The zero-order valence-corrected chi connectivity index (χ0v) is 9.93. The van der Waals surface area contributed by atoms with E-state index in [0.717, 1.165) is 19.4 Å². The quantitative estimate of drug-likeness (QED) is 0.796. The molecule has 0 radical (unpaired) electrons. The van der Waals surface area contributed by atoms with Crippen LogP contribution < -0.4 is 0 Å². The third-order valence-electron chi connectivity index (χ3n) is 3.09. The molecule has 1 aromatic rings. The fraction of sp³-hybridized carbons (Fsp3) is 0.462. The molecular formula is C13H16N2O2. The van der Waals surface area contributed by atoms with Crippen LogP contribution in [0.3, 0.4) is 0 Å². The number of hydrogen-bond acceptors (Lipinski definition) is 3. The van der Waals surface area contributed by atoms with Gasteiger partial charge in [-0.25, -0.2) is 0 Å². The molecule has 0 aromatic carbocycles. The van der Waals surface area contributed by atoms with Crippen LogP contribution in [0.25, 0.3) is 0 Å². The molecule has 0 bridgehead atoms. The van der Waals surface area contributed by atoms with Crippen molar-refractivity contribution in [3.8, 4) is 0 Å². The van der Waals surface area contributed by atoms with Gasteiger partial charge in [-0.05, 0) is 31.9 Å². The van der Waals surface area contributed by atoms with E-state index in [-0.39, 0.29) is 17.7 Å². The highest BCUT2D eigenvalue weighted by atomic mass is 16.2. The van der Waals surface area contributed by atoms with Crippen molar-refractivity contribution in [1.29, 1.82) is 0 Å². The van der Waals surface area contributed by atoms with Crippen LogP contribution >= 0.6 is 0 Å². The maximum atomic E-state index is 12.2. The van der Waals surface area contributed by atoms with Gasteiger partial charge in [0.1, 0.15) is 5.78 Å². The highest BCUT2D eigenvalue weighted by molar-refractivity contribution is 5.94. The van der Waals surface area contributed by atoms with E-state index in [1.165, 1.54) is 0 Å². The number of carbonyl (C=O) groups is 2. The van der Waals surface area contributed by atoms with E-state index in [1.54, 1.807) is 31.5 Å². The minimum absolute atomic E-state index is 0.0103. The van der Waals surface area contributed by atoms with Gasteiger partial charge >= 0.3 is 0 Å². The van der Waals surface area contributed by atoms with Gasteiger partial charge in [-0.2, -0.15) is 0 Å². The van der Waals surface area contributed by atoms with Crippen molar-refractivity contribution in [3.05, 3.63) is 30.1 Å². The summed E-state index contributed by atoms with van der Waals surface area (Å²) in [6, 6.07) is 3.50. The van der Waals surface area contributed by atoms with Crippen LogP contribution in [0, 0.1) is 0 Å². The van der Waals surface area contributed by atoms with Gasteiger partial charge in [0, 0.05) is 37.0 Å². The summed E-state index contributed by atoms with van der Waals surface area (Å²) in [4.78, 5) is 29.1. The Hall–Kier alpha value is -1.71. The van der Waals surface area contributed by atoms with Gasteiger partial charge in [-0.15, -0.1) is 0 Å². The smallest absolute Gasteiger partial charge is 0.254 e. The molecule has 2 rings (SSSR count). The summed E-state index contributed by atoms with van der Waals surface area (Å²) >= 11 is 0. The largest absolute Gasteiger partial charge is 0.335 e. The lowest BCUT2D eigenvalue weighted by atomic mass is 10.1. The monoisotopic (exact) mass is 232 g/mol. The third-order valence-corrected chi connectivity index (χ3v) is 3.09. The number of rotatable bonds is 3. The summed E-state index contributed by atoms with van der Waals surface area (Å²) in [6.45, 7) is 2.33. The van der Waals surface area contributed by atoms with Crippen molar-refractivity contribution in [2.45, 2.75) is 32.2 Å². The van der Waals surface area contributed by atoms with Crippen molar-refractivity contribution in [2.24, 2.45) is 0 Å². The number of likely N-dealkylation sites (tertiary alicyclic amines) is 1. The van der Waals surface area contributed by atoms with Gasteiger partial charge < -0.3 is 4.90 Å². The van der Waals surface area contributed by atoms with Crippen LogP contribution in [-0.2, 0) is 4.79 Å². The molecule has 0 N–H and O–H groups in total. The Morgan fingerprint density at radius 3 is 2.76 bits per heavy atom. The first-order valence-corrected chi connectivity index (χ1v) is 5.89. The Labute approximate surface area is 101 Å². The first kappa shape index (κ1) is 11.8. The molecule has 4 heteroatoms. The number of amides is 1. The topological polar surface area (TPSA) is 50.3 Å². The van der Waals surface area contributed by atoms with Crippen molar-refractivity contribution >= 4 is 11.7 Å². The number of aromatic nitrogens is 1. The van der Waals surface area contributed by atoms with Crippen molar-refractivity contribution in [2.75, 3.05) is 6.54 Å². The fourth-order valence-corrected chi connectivity index (χ4v) is 2.31. The van der Waals surface area contributed by atoms with Crippen molar-refractivity contribution in [3.63, 3.8) is 0 Å². The average Bonchev–Trinajstić information content (AvgIpc) is 2.76. The Morgan fingerprint density at radius 2 is 2.12 bits per heavy atom. The van der Waals surface area contributed by atoms with Crippen LogP contribution in [0.5, 0.6) is 0 Å². The second-order valence-electron chi connectivity index (χ2n) is 4.44. The Balaban J connectivity index is 2.11. The summed E-state index contributed by atoms with van der Waals surface area (Å²) in [6.07, 6.45) is 5.61. The van der Waals surface area contributed by atoms with Gasteiger partial charge in [-0.1, -0.05) is 0 Å². The molecule has 90 valence electrons. The number of pyridine rings is 1. The molecule has 1 atom stereocenters. The number of carbonyl (C=O) groups excluding carboxylic acids is 2. The number of hydrogen-bond donors (Lipinski definition) is 0. The molecule has 0 aliphatic carbocycles. The number of nitrogens with zero attached hydrogens (tertiary/aromatic N) is 2. The highest BCUT2D eigenvalue weighted by Gasteiger charge is 2.29. The normalized spacial score (nSPS) is 19.4. The molecule has 17 heavy (non-hydrogen) atoms. The van der Waals surface area contributed by atoms with Crippen LogP contribution in [0.1, 0.15) is 36.5 Å². The molecule has 0 saturated carbocycles. The molecule has 0 spiro atoms. The molecule has 1 aliphatic heterocycles. The molecule has 1 unspecified atom stereocenters. The number of Topliss-reactive ketones (excluding diaryl/α,β-unsaturated/α-hetero) is 1.